The molecule has 6 heteroatoms. The average Bonchev–Trinajstić information content (AvgIpc) is 3.03. The van der Waals surface area contributed by atoms with Gasteiger partial charge in [0.05, 0.1) is 10.9 Å². The second kappa shape index (κ2) is 8.31. The number of Topliss-reactive ketones (excluding diaryl/α,β-unsaturated/α-hetero) is 1. The quantitative estimate of drug-likeness (QED) is 0.450. The lowest BCUT2D eigenvalue weighted by molar-refractivity contribution is 0.101. The first-order valence-corrected chi connectivity index (χ1v) is 9.16. The molecule has 2 aromatic heterocycles. The Kier molecular flexibility index (Phi) is 5.86. The van der Waals surface area contributed by atoms with Gasteiger partial charge in [-0.15, -0.1) is 0 Å². The molecule has 0 fully saturated rings. The van der Waals surface area contributed by atoms with Crippen LogP contribution in [0.5, 0.6) is 0 Å². The van der Waals surface area contributed by atoms with Gasteiger partial charge in [-0.2, -0.15) is 4.98 Å². The molecule has 0 atom stereocenters. The predicted molar refractivity (Wildman–Crippen MR) is 106 cm³/mol. The summed E-state index contributed by atoms with van der Waals surface area (Å²) < 4.78 is 19.2. The number of unbranched alkanes of at least 4 members (excludes halogenated alkanes) is 2. The molecule has 0 aliphatic rings. The fourth-order valence-electron chi connectivity index (χ4n) is 3.26. The Morgan fingerprint density at radius 3 is 2.59 bits per heavy atom. The minimum atomic E-state index is -0.338. The van der Waals surface area contributed by atoms with Crippen LogP contribution < -0.4 is 11.1 Å². The van der Waals surface area contributed by atoms with Crippen molar-refractivity contribution in [1.29, 1.82) is 0 Å². The number of nitrogens with one attached hydrogen (secondary N) is 1. The van der Waals surface area contributed by atoms with E-state index >= 15 is 0 Å². The van der Waals surface area contributed by atoms with Gasteiger partial charge < -0.3 is 15.5 Å². The van der Waals surface area contributed by atoms with E-state index < -0.39 is 0 Å². The molecule has 3 N–H and O–H groups in total. The smallest absolute Gasteiger partial charge is 0.229 e. The highest BCUT2D eigenvalue weighted by Gasteiger charge is 2.22. The van der Waals surface area contributed by atoms with E-state index in [0.29, 0.717) is 34.5 Å². The zero-order valence-electron chi connectivity index (χ0n) is 15.6. The molecule has 3 rings (SSSR count). The molecule has 0 aliphatic heterocycles. The summed E-state index contributed by atoms with van der Waals surface area (Å²) >= 11 is 0. The average molecular weight is 369 g/mol. The Morgan fingerprint density at radius 2 is 1.96 bits per heavy atom. The summed E-state index contributed by atoms with van der Waals surface area (Å²) in [5.74, 6) is 0.716. The number of nitrogens with two attached hydrogens (primary N) is 1. The molecule has 0 bridgehead atoms. The van der Waals surface area contributed by atoms with Gasteiger partial charge in [0.1, 0.15) is 17.4 Å². The molecule has 1 aromatic carbocycles. The SMILES string of the molecule is CNc1nc2oc(-c3ccc(F)cc3)c(C(C)=O)c2cc1CCCCCN. The summed E-state index contributed by atoms with van der Waals surface area (Å²) in [6, 6.07) is 7.88. The van der Waals surface area contributed by atoms with Gasteiger partial charge in [-0.05, 0) is 68.6 Å². The highest BCUT2D eigenvalue weighted by atomic mass is 19.1. The van der Waals surface area contributed by atoms with Crippen LogP contribution in [0.4, 0.5) is 10.2 Å². The summed E-state index contributed by atoms with van der Waals surface area (Å²) in [4.78, 5) is 16.9. The van der Waals surface area contributed by atoms with Crippen molar-refractivity contribution >= 4 is 22.7 Å². The van der Waals surface area contributed by atoms with Crippen LogP contribution in [0.2, 0.25) is 0 Å². The van der Waals surface area contributed by atoms with Gasteiger partial charge >= 0.3 is 0 Å². The Bertz CT molecular complexity index is 948. The van der Waals surface area contributed by atoms with Gasteiger partial charge in [-0.25, -0.2) is 4.39 Å². The van der Waals surface area contributed by atoms with Gasteiger partial charge in [0.2, 0.25) is 5.71 Å². The zero-order valence-corrected chi connectivity index (χ0v) is 15.6. The number of fused-ring (bicyclic) bond motifs is 1. The molecule has 0 saturated carbocycles. The van der Waals surface area contributed by atoms with E-state index in [1.807, 2.05) is 13.1 Å². The van der Waals surface area contributed by atoms with Crippen LogP contribution in [0.1, 0.15) is 42.1 Å². The Morgan fingerprint density at radius 1 is 1.22 bits per heavy atom. The minimum absolute atomic E-state index is 0.110. The summed E-state index contributed by atoms with van der Waals surface area (Å²) in [7, 11) is 1.81. The van der Waals surface area contributed by atoms with Gasteiger partial charge in [0, 0.05) is 12.6 Å². The summed E-state index contributed by atoms with van der Waals surface area (Å²) in [6.45, 7) is 2.19. The van der Waals surface area contributed by atoms with Crippen molar-refractivity contribution < 1.29 is 13.6 Å². The van der Waals surface area contributed by atoms with Gasteiger partial charge in [0.25, 0.3) is 0 Å². The largest absolute Gasteiger partial charge is 0.437 e. The van der Waals surface area contributed by atoms with E-state index in [1.165, 1.54) is 19.1 Å². The van der Waals surface area contributed by atoms with Crippen LogP contribution in [0.3, 0.4) is 0 Å². The van der Waals surface area contributed by atoms with Crippen LogP contribution >= 0.6 is 0 Å². The maximum absolute atomic E-state index is 13.3. The summed E-state index contributed by atoms with van der Waals surface area (Å²) in [5, 5.41) is 3.79. The van der Waals surface area contributed by atoms with Crippen molar-refractivity contribution in [3.05, 3.63) is 47.3 Å². The standard InChI is InChI=1S/C21H24FN3O2/c1-13(26)18-17-12-15(6-4-3-5-11-23)20(24-2)25-21(17)27-19(18)14-7-9-16(22)10-8-14/h7-10,12H,3-6,11,23H2,1-2H3,(H,24,25). The lowest BCUT2D eigenvalue weighted by Gasteiger charge is -2.08. The van der Waals surface area contributed by atoms with Crippen LogP contribution in [0, 0.1) is 5.82 Å². The number of ketones is 1. The fraction of sp³-hybridized carbons (Fsp3) is 0.333. The summed E-state index contributed by atoms with van der Waals surface area (Å²) in [5.41, 5.74) is 8.13. The highest BCUT2D eigenvalue weighted by Crippen LogP contribution is 2.35. The Labute approximate surface area is 157 Å². The second-order valence-corrected chi connectivity index (χ2v) is 6.57. The number of carbonyl (C=O) groups excluding carboxylic acids is 1. The van der Waals surface area contributed by atoms with Crippen LogP contribution in [-0.2, 0) is 6.42 Å². The van der Waals surface area contributed by atoms with Crippen LogP contribution in [0.25, 0.3) is 22.4 Å². The molecule has 0 radical (unpaired) electrons. The number of halogens is 1. The Hall–Kier alpha value is -2.73. The van der Waals surface area contributed by atoms with Crippen molar-refractivity contribution in [3.8, 4) is 11.3 Å². The number of anilines is 1. The molecule has 0 aliphatic carbocycles. The number of hydrogen-bond acceptors (Lipinski definition) is 5. The van der Waals surface area contributed by atoms with Crippen LogP contribution in [0.15, 0.2) is 34.7 Å². The van der Waals surface area contributed by atoms with E-state index in [2.05, 4.69) is 10.3 Å². The van der Waals surface area contributed by atoms with Gasteiger partial charge in [-0.1, -0.05) is 6.42 Å². The van der Waals surface area contributed by atoms with Gasteiger partial charge in [-0.3, -0.25) is 4.79 Å². The molecule has 0 spiro atoms. The van der Waals surface area contributed by atoms with E-state index in [9.17, 15) is 9.18 Å². The molecule has 27 heavy (non-hydrogen) atoms. The first-order valence-electron chi connectivity index (χ1n) is 9.16. The normalized spacial score (nSPS) is 11.1. The predicted octanol–water partition coefficient (Wildman–Crippen LogP) is 4.55. The molecular formula is C21H24FN3O2. The van der Waals surface area contributed by atoms with Crippen molar-refractivity contribution in [1.82, 2.24) is 4.98 Å². The monoisotopic (exact) mass is 369 g/mol. The molecule has 0 saturated heterocycles. The van der Waals surface area contributed by atoms with E-state index in [4.69, 9.17) is 10.2 Å². The van der Waals surface area contributed by atoms with E-state index in [0.717, 1.165) is 37.1 Å². The first kappa shape index (κ1) is 19.0. The lowest BCUT2D eigenvalue weighted by atomic mass is 10.0. The zero-order chi connectivity index (χ0) is 19.4. The first-order chi connectivity index (χ1) is 13.0. The van der Waals surface area contributed by atoms with Crippen molar-refractivity contribution in [2.75, 3.05) is 18.9 Å². The van der Waals surface area contributed by atoms with Crippen molar-refractivity contribution in [2.24, 2.45) is 5.73 Å². The van der Waals surface area contributed by atoms with Crippen molar-refractivity contribution in [3.63, 3.8) is 0 Å². The Balaban J connectivity index is 2.09. The number of carbonyl (C=O) groups is 1. The molecule has 5 nitrogen and oxygen atoms in total. The van der Waals surface area contributed by atoms with Crippen LogP contribution in [-0.4, -0.2) is 24.4 Å². The number of aromatic nitrogens is 1. The fourth-order valence-corrected chi connectivity index (χ4v) is 3.26. The second-order valence-electron chi connectivity index (χ2n) is 6.57. The topological polar surface area (TPSA) is 81.2 Å². The molecule has 0 amide bonds. The lowest BCUT2D eigenvalue weighted by Crippen LogP contribution is -2.02. The summed E-state index contributed by atoms with van der Waals surface area (Å²) in [6.07, 6.45) is 3.87. The number of benzene rings is 1. The number of pyridine rings is 1. The number of hydrogen-bond donors (Lipinski definition) is 2. The molecule has 3 aromatic rings. The number of aryl methyl sites for hydroxylation is 1. The third kappa shape index (κ3) is 4.01. The number of rotatable bonds is 8. The van der Waals surface area contributed by atoms with Crippen molar-refractivity contribution in [2.45, 2.75) is 32.6 Å². The number of furan rings is 1. The third-order valence-electron chi connectivity index (χ3n) is 4.61. The third-order valence-corrected chi connectivity index (χ3v) is 4.61. The van der Waals surface area contributed by atoms with E-state index in [-0.39, 0.29) is 11.6 Å². The minimum Gasteiger partial charge on any atom is -0.437 e. The highest BCUT2D eigenvalue weighted by molar-refractivity contribution is 6.10. The van der Waals surface area contributed by atoms with Gasteiger partial charge in [0.15, 0.2) is 5.78 Å². The van der Waals surface area contributed by atoms with E-state index in [1.54, 1.807) is 12.1 Å². The molecular weight excluding hydrogens is 345 g/mol. The molecule has 0 unspecified atom stereocenters. The number of nitrogens with zero attached hydrogens (tertiary/aromatic N) is 1. The maximum atomic E-state index is 13.3. The molecule has 142 valence electrons. The molecule has 2 heterocycles. The maximum Gasteiger partial charge on any atom is 0.229 e.